The van der Waals surface area contributed by atoms with Gasteiger partial charge in [-0.25, -0.2) is 4.79 Å². The van der Waals surface area contributed by atoms with Crippen molar-refractivity contribution in [2.45, 2.75) is 0 Å². The van der Waals surface area contributed by atoms with Gasteiger partial charge in [0.2, 0.25) is 0 Å². The van der Waals surface area contributed by atoms with Crippen molar-refractivity contribution in [3.05, 3.63) is 134 Å². The zero-order chi connectivity index (χ0) is 21.2. The van der Waals surface area contributed by atoms with Crippen LogP contribution in [0.3, 0.4) is 0 Å². The fourth-order valence-corrected chi connectivity index (χ4v) is 8.52. The summed E-state index contributed by atoms with van der Waals surface area (Å²) < 4.78 is 0. The van der Waals surface area contributed by atoms with E-state index in [1.54, 1.807) is 0 Å². The Morgan fingerprint density at radius 1 is 0.567 bits per heavy atom. The van der Waals surface area contributed by atoms with Gasteiger partial charge in [0.25, 0.3) is 0 Å². The van der Waals surface area contributed by atoms with Crippen molar-refractivity contribution in [1.82, 2.24) is 0 Å². The summed E-state index contributed by atoms with van der Waals surface area (Å²) >= 11 is 0. The molecule has 0 amide bonds. The van der Waals surface area contributed by atoms with E-state index in [-0.39, 0.29) is 0 Å². The van der Waals surface area contributed by atoms with E-state index in [1.165, 1.54) is 21.2 Å². The molecular weight excluding hydrogens is 387 g/mol. The predicted molar refractivity (Wildman–Crippen MR) is 130 cm³/mol. The molecule has 30 heavy (non-hydrogen) atoms. The first-order valence-electron chi connectivity index (χ1n) is 9.77. The van der Waals surface area contributed by atoms with Crippen molar-refractivity contribution in [2.24, 2.45) is 0 Å². The summed E-state index contributed by atoms with van der Waals surface area (Å²) in [6.07, 6.45) is 0.833. The van der Waals surface area contributed by atoms with E-state index < -0.39 is 13.2 Å². The summed E-state index contributed by atoms with van der Waals surface area (Å²) in [5, 5.41) is 13.3. The summed E-state index contributed by atoms with van der Waals surface area (Å²) in [4.78, 5) is 9.25. The number of carbonyl (C=O) groups is 1. The third-order valence-electron chi connectivity index (χ3n) is 5.00. The first-order chi connectivity index (χ1) is 14.7. The number of benzene rings is 4. The van der Waals surface area contributed by atoms with Crippen LogP contribution in [-0.4, -0.2) is 11.1 Å². The van der Waals surface area contributed by atoms with E-state index in [0.717, 1.165) is 6.08 Å². The second-order valence-corrected chi connectivity index (χ2v) is 10.6. The summed E-state index contributed by atoms with van der Waals surface area (Å²) in [5.74, 6) is -0.981. The molecule has 150 valence electrons. The van der Waals surface area contributed by atoms with Crippen molar-refractivity contribution in [1.29, 1.82) is 0 Å². The second kappa shape index (κ2) is 10.3. The van der Waals surface area contributed by atoms with Crippen molar-refractivity contribution in [3.63, 3.8) is 0 Å². The van der Waals surface area contributed by atoms with Crippen LogP contribution in [-0.2, 0) is 4.79 Å². The average molecular weight is 412 g/mol. The molecule has 0 bridgehead atoms. The van der Waals surface area contributed by atoms with Gasteiger partial charge in [0, 0.05) is 6.08 Å². The van der Waals surface area contributed by atoms with E-state index in [0.29, 0.717) is 0 Å². The molecule has 0 spiro atoms. The fraction of sp³-hybridized carbons (Fsp3) is 0. The molecule has 4 rings (SSSR count). The van der Waals surface area contributed by atoms with Gasteiger partial charge in [-0.1, -0.05) is 6.58 Å². The maximum absolute atomic E-state index is 9.25. The number of carboxylic acids is 1. The molecule has 0 saturated carbocycles. The van der Waals surface area contributed by atoms with Crippen LogP contribution in [0.5, 0.6) is 0 Å². The van der Waals surface area contributed by atoms with Crippen LogP contribution >= 0.6 is 7.26 Å². The zero-order valence-electron chi connectivity index (χ0n) is 16.7. The number of hydrogen-bond acceptors (Lipinski definition) is 1. The van der Waals surface area contributed by atoms with Crippen LogP contribution in [0.4, 0.5) is 0 Å². The average Bonchev–Trinajstić information content (AvgIpc) is 2.83. The van der Waals surface area contributed by atoms with Crippen LogP contribution in [0.15, 0.2) is 134 Å². The SMILES string of the molecule is C=CC(=O)O.c1ccc([PH](c2ccccc2)(c2ccccc2)c2ccccc2)cc1. The molecule has 0 aromatic heterocycles. The molecule has 0 aliphatic heterocycles. The van der Waals surface area contributed by atoms with Gasteiger partial charge in [-0.05, 0) is 0 Å². The summed E-state index contributed by atoms with van der Waals surface area (Å²) in [7, 11) is -2.30. The minimum atomic E-state index is -2.30. The monoisotopic (exact) mass is 412 g/mol. The molecule has 0 unspecified atom stereocenters. The third-order valence-corrected chi connectivity index (χ3v) is 9.80. The van der Waals surface area contributed by atoms with E-state index in [4.69, 9.17) is 5.11 Å². The van der Waals surface area contributed by atoms with Gasteiger partial charge in [0.1, 0.15) is 0 Å². The molecule has 0 atom stereocenters. The number of hydrogen-bond donors (Lipinski definition) is 1. The maximum atomic E-state index is 9.25. The predicted octanol–water partition coefficient (Wildman–Crippen LogP) is 4.30. The molecule has 1 N–H and O–H groups in total. The van der Waals surface area contributed by atoms with Crippen LogP contribution in [0.2, 0.25) is 0 Å². The fourth-order valence-electron chi connectivity index (χ4n) is 3.75. The van der Waals surface area contributed by atoms with Crippen molar-refractivity contribution >= 4 is 34.4 Å². The van der Waals surface area contributed by atoms with Crippen molar-refractivity contribution in [3.8, 4) is 0 Å². The molecular formula is C27H25O2P. The summed E-state index contributed by atoms with van der Waals surface area (Å²) in [5.41, 5.74) is 0. The third kappa shape index (κ3) is 4.56. The number of carboxylic acid groups (broad SMARTS) is 1. The molecule has 0 heterocycles. The first kappa shape index (κ1) is 21.2. The summed E-state index contributed by atoms with van der Waals surface area (Å²) in [6, 6.07) is 44.0. The molecule has 0 fully saturated rings. The van der Waals surface area contributed by atoms with Crippen LogP contribution in [0.25, 0.3) is 0 Å². The molecule has 0 saturated heterocycles. The van der Waals surface area contributed by atoms with Gasteiger partial charge >= 0.3 is 156 Å². The normalized spacial score (nSPS) is 10.9. The Bertz CT molecular complexity index is 899. The first-order valence-corrected chi connectivity index (χ1v) is 11.8. The molecule has 4 aromatic rings. The topological polar surface area (TPSA) is 37.3 Å². The van der Waals surface area contributed by atoms with Gasteiger partial charge in [0.05, 0.1) is 0 Å². The van der Waals surface area contributed by atoms with Gasteiger partial charge < -0.3 is 5.11 Å². The molecule has 0 radical (unpaired) electrons. The molecule has 0 aliphatic rings. The molecule has 2 nitrogen and oxygen atoms in total. The molecule has 0 aliphatic carbocycles. The Morgan fingerprint density at radius 2 is 0.767 bits per heavy atom. The van der Waals surface area contributed by atoms with Crippen LogP contribution in [0, 0.1) is 0 Å². The van der Waals surface area contributed by atoms with E-state index in [2.05, 4.69) is 128 Å². The van der Waals surface area contributed by atoms with Crippen molar-refractivity contribution < 1.29 is 9.90 Å². The Hall–Kier alpha value is -3.48. The Kier molecular flexibility index (Phi) is 7.32. The van der Waals surface area contributed by atoms with Crippen LogP contribution in [0.1, 0.15) is 0 Å². The van der Waals surface area contributed by atoms with Gasteiger partial charge in [-0.3, -0.25) is 0 Å². The standard InChI is InChI=1S/C24H21P.C3H4O2/c1-5-13-21(14-6-1)25(22-15-7-2-8-16-22,23-17-9-3-10-18-23)24-19-11-4-12-20-24;1-2-3(4)5/h1-20,25H;2H,1H2,(H,4,5). The quantitative estimate of drug-likeness (QED) is 0.392. The number of rotatable bonds is 5. The van der Waals surface area contributed by atoms with Gasteiger partial charge in [-0.15, -0.1) is 0 Å². The number of aliphatic carboxylic acids is 1. The van der Waals surface area contributed by atoms with E-state index >= 15 is 0 Å². The van der Waals surface area contributed by atoms with Crippen molar-refractivity contribution in [2.75, 3.05) is 0 Å². The van der Waals surface area contributed by atoms with E-state index in [1.807, 2.05) is 0 Å². The molecule has 3 heteroatoms. The summed E-state index contributed by atoms with van der Waals surface area (Å²) in [6.45, 7) is 2.96. The minimum absolute atomic E-state index is 0.833. The Morgan fingerprint density at radius 3 is 0.933 bits per heavy atom. The van der Waals surface area contributed by atoms with Gasteiger partial charge in [0.15, 0.2) is 0 Å². The Labute approximate surface area is 178 Å². The van der Waals surface area contributed by atoms with E-state index in [9.17, 15) is 4.79 Å². The molecule has 4 aromatic carbocycles. The van der Waals surface area contributed by atoms with Gasteiger partial charge in [-0.2, -0.15) is 0 Å². The Balaban J connectivity index is 0.000000461. The van der Waals surface area contributed by atoms with Crippen LogP contribution < -0.4 is 21.2 Å². The zero-order valence-corrected chi connectivity index (χ0v) is 17.7. The second-order valence-electron chi connectivity index (χ2n) is 6.76.